The summed E-state index contributed by atoms with van der Waals surface area (Å²) in [6, 6.07) is 14.7. The van der Waals surface area contributed by atoms with Gasteiger partial charge < -0.3 is 9.15 Å². The number of para-hydroxylation sites is 3. The number of hydrogen-bond acceptors (Lipinski definition) is 3. The highest BCUT2D eigenvalue weighted by atomic mass is 35.5. The van der Waals surface area contributed by atoms with Crippen molar-refractivity contribution in [1.82, 2.24) is 4.98 Å². The predicted octanol–water partition coefficient (Wildman–Crippen LogP) is 4.27. The first-order valence-electron chi connectivity index (χ1n) is 5.11. The van der Waals surface area contributed by atoms with Gasteiger partial charge in [-0.25, -0.2) is 0 Å². The van der Waals surface area contributed by atoms with Gasteiger partial charge in [0, 0.05) is 0 Å². The zero-order valence-electron chi connectivity index (χ0n) is 8.76. The van der Waals surface area contributed by atoms with Crippen LogP contribution in [0.2, 0.25) is 5.02 Å². The quantitative estimate of drug-likeness (QED) is 0.676. The Balaban J connectivity index is 1.98. The topological polar surface area (TPSA) is 35.3 Å². The van der Waals surface area contributed by atoms with Gasteiger partial charge >= 0.3 is 6.08 Å². The number of nitrogens with zero attached hydrogens (tertiary/aromatic N) is 1. The molecule has 3 nitrogen and oxygen atoms in total. The van der Waals surface area contributed by atoms with Crippen molar-refractivity contribution in [1.29, 1.82) is 0 Å². The first kappa shape index (κ1) is 10.2. The fraction of sp³-hybridized carbons (Fsp3) is 0. The molecule has 0 atom stereocenters. The molecular weight excluding hydrogens is 238 g/mol. The van der Waals surface area contributed by atoms with Crippen LogP contribution < -0.4 is 4.74 Å². The molecule has 84 valence electrons. The van der Waals surface area contributed by atoms with E-state index in [0.29, 0.717) is 16.4 Å². The second-order valence-electron chi connectivity index (χ2n) is 3.48. The summed E-state index contributed by atoms with van der Waals surface area (Å²) in [7, 11) is 0. The van der Waals surface area contributed by atoms with Crippen LogP contribution in [-0.2, 0) is 0 Å². The fourth-order valence-corrected chi connectivity index (χ4v) is 1.69. The summed E-state index contributed by atoms with van der Waals surface area (Å²) in [6.07, 6.45) is 0.194. The molecular formula is C13H8ClNO2. The lowest BCUT2D eigenvalue weighted by atomic mass is 10.3. The Hall–Kier alpha value is -2.00. The Morgan fingerprint density at radius 1 is 1.00 bits per heavy atom. The van der Waals surface area contributed by atoms with Crippen molar-refractivity contribution in [3.63, 3.8) is 0 Å². The molecule has 0 aliphatic heterocycles. The van der Waals surface area contributed by atoms with Crippen molar-refractivity contribution >= 4 is 22.7 Å². The first-order valence-corrected chi connectivity index (χ1v) is 5.49. The Morgan fingerprint density at radius 3 is 2.59 bits per heavy atom. The molecule has 0 amide bonds. The summed E-state index contributed by atoms with van der Waals surface area (Å²) in [6.45, 7) is 0. The summed E-state index contributed by atoms with van der Waals surface area (Å²) in [5.41, 5.74) is 1.45. The van der Waals surface area contributed by atoms with Crippen LogP contribution in [0.1, 0.15) is 0 Å². The smallest absolute Gasteiger partial charge is 0.400 e. The summed E-state index contributed by atoms with van der Waals surface area (Å²) in [5, 5.41) is 0.523. The van der Waals surface area contributed by atoms with E-state index in [1.807, 2.05) is 36.4 Å². The number of oxazole rings is 1. The molecule has 0 radical (unpaired) electrons. The molecule has 4 heteroatoms. The van der Waals surface area contributed by atoms with Crippen LogP contribution in [-0.4, -0.2) is 4.98 Å². The molecule has 2 aromatic carbocycles. The SMILES string of the molecule is Clc1ccccc1Oc1nc2ccccc2o1. The molecule has 1 heterocycles. The van der Waals surface area contributed by atoms with Crippen LogP contribution in [0, 0.1) is 0 Å². The molecule has 0 bridgehead atoms. The summed E-state index contributed by atoms with van der Waals surface area (Å²) in [4.78, 5) is 4.20. The van der Waals surface area contributed by atoms with E-state index in [9.17, 15) is 0 Å². The van der Waals surface area contributed by atoms with Crippen LogP contribution in [0.5, 0.6) is 11.8 Å². The minimum Gasteiger partial charge on any atom is -0.409 e. The van der Waals surface area contributed by atoms with Gasteiger partial charge in [-0.15, -0.1) is 0 Å². The molecule has 0 unspecified atom stereocenters. The minimum absolute atomic E-state index is 0.194. The Kier molecular flexibility index (Phi) is 2.46. The van der Waals surface area contributed by atoms with Crippen LogP contribution in [0.15, 0.2) is 52.9 Å². The molecule has 0 aliphatic rings. The third kappa shape index (κ3) is 1.97. The average molecular weight is 246 g/mol. The largest absolute Gasteiger partial charge is 0.409 e. The average Bonchev–Trinajstić information content (AvgIpc) is 2.74. The molecule has 0 saturated heterocycles. The van der Waals surface area contributed by atoms with Crippen molar-refractivity contribution in [2.45, 2.75) is 0 Å². The van der Waals surface area contributed by atoms with E-state index in [4.69, 9.17) is 20.8 Å². The third-order valence-electron chi connectivity index (χ3n) is 2.31. The highest BCUT2D eigenvalue weighted by Crippen LogP contribution is 2.30. The lowest BCUT2D eigenvalue weighted by molar-refractivity contribution is 0.343. The summed E-state index contributed by atoms with van der Waals surface area (Å²) < 4.78 is 10.9. The van der Waals surface area contributed by atoms with Crippen molar-refractivity contribution in [2.24, 2.45) is 0 Å². The van der Waals surface area contributed by atoms with E-state index in [2.05, 4.69) is 4.98 Å². The number of fused-ring (bicyclic) bond motifs is 1. The van der Waals surface area contributed by atoms with Crippen molar-refractivity contribution in [3.05, 3.63) is 53.6 Å². The first-order chi connectivity index (χ1) is 8.33. The van der Waals surface area contributed by atoms with Gasteiger partial charge in [0.1, 0.15) is 5.52 Å². The molecule has 0 fully saturated rings. The van der Waals surface area contributed by atoms with E-state index >= 15 is 0 Å². The van der Waals surface area contributed by atoms with Gasteiger partial charge in [-0.2, -0.15) is 4.98 Å². The minimum atomic E-state index is 0.194. The van der Waals surface area contributed by atoms with Gasteiger partial charge in [0.25, 0.3) is 0 Å². The van der Waals surface area contributed by atoms with Crippen molar-refractivity contribution in [3.8, 4) is 11.8 Å². The lowest BCUT2D eigenvalue weighted by Gasteiger charge is -2.01. The monoisotopic (exact) mass is 245 g/mol. The lowest BCUT2D eigenvalue weighted by Crippen LogP contribution is -1.84. The van der Waals surface area contributed by atoms with Crippen molar-refractivity contribution < 1.29 is 9.15 Å². The standard InChI is InChI=1S/C13H8ClNO2/c14-9-5-1-3-7-11(9)16-13-15-10-6-2-4-8-12(10)17-13/h1-8H. The zero-order chi connectivity index (χ0) is 11.7. The van der Waals surface area contributed by atoms with E-state index < -0.39 is 0 Å². The number of hydrogen-bond donors (Lipinski definition) is 0. The Morgan fingerprint density at radius 2 is 1.76 bits per heavy atom. The maximum atomic E-state index is 5.98. The van der Waals surface area contributed by atoms with Crippen LogP contribution in [0.3, 0.4) is 0 Å². The molecule has 0 N–H and O–H groups in total. The number of rotatable bonds is 2. The molecule has 3 aromatic rings. The van der Waals surface area contributed by atoms with Gasteiger partial charge in [0.2, 0.25) is 0 Å². The second kappa shape index (κ2) is 4.11. The van der Waals surface area contributed by atoms with Gasteiger partial charge in [-0.05, 0) is 24.3 Å². The van der Waals surface area contributed by atoms with Gasteiger partial charge in [0.15, 0.2) is 11.3 Å². The Labute approximate surface area is 103 Å². The molecule has 0 saturated carbocycles. The van der Waals surface area contributed by atoms with E-state index in [1.54, 1.807) is 12.1 Å². The number of ether oxygens (including phenoxy) is 1. The molecule has 1 aromatic heterocycles. The highest BCUT2D eigenvalue weighted by Gasteiger charge is 2.08. The highest BCUT2D eigenvalue weighted by molar-refractivity contribution is 6.32. The number of halogens is 1. The van der Waals surface area contributed by atoms with E-state index in [0.717, 1.165) is 5.52 Å². The zero-order valence-corrected chi connectivity index (χ0v) is 9.52. The van der Waals surface area contributed by atoms with E-state index in [1.165, 1.54) is 0 Å². The second-order valence-corrected chi connectivity index (χ2v) is 3.89. The van der Waals surface area contributed by atoms with Crippen molar-refractivity contribution in [2.75, 3.05) is 0 Å². The van der Waals surface area contributed by atoms with Gasteiger partial charge in [0.05, 0.1) is 5.02 Å². The number of benzene rings is 2. The normalized spacial score (nSPS) is 10.6. The van der Waals surface area contributed by atoms with Crippen LogP contribution in [0.25, 0.3) is 11.1 Å². The van der Waals surface area contributed by atoms with Crippen LogP contribution >= 0.6 is 11.6 Å². The summed E-state index contributed by atoms with van der Waals surface area (Å²) in [5.74, 6) is 0.528. The molecule has 0 spiro atoms. The molecule has 0 aliphatic carbocycles. The maximum Gasteiger partial charge on any atom is 0.400 e. The summed E-state index contributed by atoms with van der Waals surface area (Å²) >= 11 is 5.98. The predicted molar refractivity (Wildman–Crippen MR) is 65.5 cm³/mol. The van der Waals surface area contributed by atoms with Gasteiger partial charge in [-0.1, -0.05) is 35.9 Å². The van der Waals surface area contributed by atoms with Gasteiger partial charge in [-0.3, -0.25) is 0 Å². The molecule has 3 rings (SSSR count). The third-order valence-corrected chi connectivity index (χ3v) is 2.62. The number of aromatic nitrogens is 1. The fourth-order valence-electron chi connectivity index (χ4n) is 1.52. The van der Waals surface area contributed by atoms with Crippen LogP contribution in [0.4, 0.5) is 0 Å². The van der Waals surface area contributed by atoms with E-state index in [-0.39, 0.29) is 6.08 Å². The molecule has 17 heavy (non-hydrogen) atoms. The maximum absolute atomic E-state index is 5.98. The Bertz CT molecular complexity index is 630.